The molecule has 1 heterocycles. The lowest BCUT2D eigenvalue weighted by atomic mass is 10.1. The molecule has 4 heteroatoms. The molecule has 108 valence electrons. The molecule has 1 unspecified atom stereocenters. The van der Waals surface area contributed by atoms with Crippen LogP contribution in [0, 0.1) is 0 Å². The zero-order chi connectivity index (χ0) is 13.0. The van der Waals surface area contributed by atoms with Crippen LogP contribution in [0.1, 0.15) is 26.3 Å². The summed E-state index contributed by atoms with van der Waals surface area (Å²) in [6, 6.07) is 9.05. The van der Waals surface area contributed by atoms with Crippen LogP contribution in [0.25, 0.3) is 0 Å². The lowest BCUT2D eigenvalue weighted by Crippen LogP contribution is -2.48. The average molecular weight is 285 g/mol. The third-order valence-corrected chi connectivity index (χ3v) is 3.13. The molecule has 1 fully saturated rings. The first-order valence-electron chi connectivity index (χ1n) is 6.85. The van der Waals surface area contributed by atoms with E-state index >= 15 is 0 Å². The molecule has 0 radical (unpaired) electrons. The van der Waals surface area contributed by atoms with Gasteiger partial charge in [0.1, 0.15) is 5.75 Å². The van der Waals surface area contributed by atoms with Crippen LogP contribution in [0.4, 0.5) is 0 Å². The Morgan fingerprint density at radius 3 is 2.89 bits per heavy atom. The summed E-state index contributed by atoms with van der Waals surface area (Å²) >= 11 is 0. The Kier molecular flexibility index (Phi) is 6.63. The van der Waals surface area contributed by atoms with Crippen LogP contribution < -0.4 is 10.1 Å². The molecule has 0 saturated carbocycles. The Balaban J connectivity index is 0.00000180. The van der Waals surface area contributed by atoms with E-state index in [2.05, 4.69) is 49.2 Å². The minimum absolute atomic E-state index is 0. The number of nitrogens with zero attached hydrogens (tertiary/aromatic N) is 1. The Labute approximate surface area is 122 Å². The molecule has 1 aliphatic heterocycles. The van der Waals surface area contributed by atoms with Gasteiger partial charge in [-0.3, -0.25) is 4.90 Å². The van der Waals surface area contributed by atoms with Gasteiger partial charge in [0.05, 0.1) is 6.10 Å². The van der Waals surface area contributed by atoms with E-state index < -0.39 is 0 Å². The van der Waals surface area contributed by atoms with Crippen molar-refractivity contribution >= 4 is 12.4 Å². The summed E-state index contributed by atoms with van der Waals surface area (Å²) in [5.74, 6) is 0.977. The molecule has 0 bridgehead atoms. The lowest BCUT2D eigenvalue weighted by molar-refractivity contribution is 0.199. The fourth-order valence-corrected chi connectivity index (χ4v) is 2.40. The standard InChI is InChI=1S/C15H24N2O.ClH/c1-12(2)18-15-6-4-5-14(9-15)11-17-8-7-16-13(3)10-17;/h4-6,9,12-13,16H,7-8,10-11H2,1-3H3;1H. The van der Waals surface area contributed by atoms with E-state index in [1.165, 1.54) is 5.56 Å². The minimum atomic E-state index is 0. The second kappa shape index (κ2) is 7.73. The van der Waals surface area contributed by atoms with Gasteiger partial charge in [0.2, 0.25) is 0 Å². The summed E-state index contributed by atoms with van der Waals surface area (Å²) < 4.78 is 5.73. The number of ether oxygens (including phenoxy) is 1. The third-order valence-electron chi connectivity index (χ3n) is 3.13. The van der Waals surface area contributed by atoms with Crippen LogP contribution in [-0.4, -0.2) is 36.7 Å². The molecular formula is C15H25ClN2O. The van der Waals surface area contributed by atoms with Crippen LogP contribution in [-0.2, 0) is 6.54 Å². The highest BCUT2D eigenvalue weighted by atomic mass is 35.5. The number of hydrogen-bond donors (Lipinski definition) is 1. The summed E-state index contributed by atoms with van der Waals surface area (Å²) in [4.78, 5) is 2.50. The lowest BCUT2D eigenvalue weighted by Gasteiger charge is -2.31. The summed E-state index contributed by atoms with van der Waals surface area (Å²) in [5, 5.41) is 3.47. The molecule has 2 rings (SSSR count). The van der Waals surface area contributed by atoms with Gasteiger partial charge in [-0.1, -0.05) is 12.1 Å². The second-order valence-electron chi connectivity index (χ2n) is 5.40. The maximum Gasteiger partial charge on any atom is 0.120 e. The van der Waals surface area contributed by atoms with Crippen molar-refractivity contribution in [1.29, 1.82) is 0 Å². The van der Waals surface area contributed by atoms with Crippen LogP contribution in [0.3, 0.4) is 0 Å². The first-order valence-corrected chi connectivity index (χ1v) is 6.85. The molecule has 0 amide bonds. The van der Waals surface area contributed by atoms with Crippen molar-refractivity contribution in [2.75, 3.05) is 19.6 Å². The van der Waals surface area contributed by atoms with Gasteiger partial charge >= 0.3 is 0 Å². The second-order valence-corrected chi connectivity index (χ2v) is 5.40. The molecule has 1 atom stereocenters. The van der Waals surface area contributed by atoms with Crippen molar-refractivity contribution < 1.29 is 4.74 Å². The zero-order valence-electron chi connectivity index (χ0n) is 12.1. The normalized spacial score (nSPS) is 20.1. The highest BCUT2D eigenvalue weighted by Gasteiger charge is 2.15. The maximum atomic E-state index is 5.73. The van der Waals surface area contributed by atoms with Gasteiger partial charge in [-0.05, 0) is 38.5 Å². The molecule has 1 aromatic rings. The van der Waals surface area contributed by atoms with E-state index in [4.69, 9.17) is 4.74 Å². The SMILES string of the molecule is CC1CN(Cc2cccc(OC(C)C)c2)CCN1.Cl. The summed E-state index contributed by atoms with van der Waals surface area (Å²) in [6.07, 6.45) is 0.236. The van der Waals surface area contributed by atoms with Crippen LogP contribution in [0.2, 0.25) is 0 Å². The van der Waals surface area contributed by atoms with Crippen molar-refractivity contribution in [3.63, 3.8) is 0 Å². The molecule has 19 heavy (non-hydrogen) atoms. The summed E-state index contributed by atoms with van der Waals surface area (Å²) in [7, 11) is 0. The largest absolute Gasteiger partial charge is 0.491 e. The molecular weight excluding hydrogens is 260 g/mol. The Morgan fingerprint density at radius 1 is 1.42 bits per heavy atom. The minimum Gasteiger partial charge on any atom is -0.491 e. The topological polar surface area (TPSA) is 24.5 Å². The van der Waals surface area contributed by atoms with Gasteiger partial charge < -0.3 is 10.1 Å². The monoisotopic (exact) mass is 284 g/mol. The van der Waals surface area contributed by atoms with Gasteiger partial charge in [-0.15, -0.1) is 12.4 Å². The van der Waals surface area contributed by atoms with Crippen molar-refractivity contribution in [2.45, 2.75) is 39.5 Å². The first kappa shape index (κ1) is 16.3. The van der Waals surface area contributed by atoms with Crippen LogP contribution >= 0.6 is 12.4 Å². The predicted octanol–water partition coefficient (Wildman–Crippen LogP) is 2.69. The highest BCUT2D eigenvalue weighted by Crippen LogP contribution is 2.16. The molecule has 1 aliphatic rings. The van der Waals surface area contributed by atoms with E-state index in [1.54, 1.807) is 0 Å². The summed E-state index contributed by atoms with van der Waals surface area (Å²) in [5.41, 5.74) is 1.34. The van der Waals surface area contributed by atoms with Crippen LogP contribution in [0.15, 0.2) is 24.3 Å². The number of piperazine rings is 1. The van der Waals surface area contributed by atoms with Crippen LogP contribution in [0.5, 0.6) is 5.75 Å². The number of rotatable bonds is 4. The highest BCUT2D eigenvalue weighted by molar-refractivity contribution is 5.85. The van der Waals surface area contributed by atoms with Crippen molar-refractivity contribution in [1.82, 2.24) is 10.2 Å². The van der Waals surface area contributed by atoms with E-state index in [9.17, 15) is 0 Å². The average Bonchev–Trinajstić information content (AvgIpc) is 2.28. The van der Waals surface area contributed by atoms with Crippen molar-refractivity contribution in [3.8, 4) is 5.75 Å². The molecule has 1 aromatic carbocycles. The van der Waals surface area contributed by atoms with Gasteiger partial charge in [0, 0.05) is 32.2 Å². The van der Waals surface area contributed by atoms with Gasteiger partial charge in [-0.25, -0.2) is 0 Å². The van der Waals surface area contributed by atoms with E-state index in [-0.39, 0.29) is 18.5 Å². The summed E-state index contributed by atoms with van der Waals surface area (Å²) in [6.45, 7) is 10.7. The van der Waals surface area contributed by atoms with Crippen molar-refractivity contribution in [3.05, 3.63) is 29.8 Å². The van der Waals surface area contributed by atoms with E-state index in [0.717, 1.165) is 31.9 Å². The Morgan fingerprint density at radius 2 is 2.21 bits per heavy atom. The fourth-order valence-electron chi connectivity index (χ4n) is 2.40. The number of hydrogen-bond acceptors (Lipinski definition) is 3. The Hall–Kier alpha value is -0.770. The number of halogens is 1. The van der Waals surface area contributed by atoms with Crippen molar-refractivity contribution in [2.24, 2.45) is 0 Å². The smallest absolute Gasteiger partial charge is 0.120 e. The van der Waals surface area contributed by atoms with Gasteiger partial charge in [0.15, 0.2) is 0 Å². The van der Waals surface area contributed by atoms with E-state index in [1.807, 2.05) is 6.07 Å². The quantitative estimate of drug-likeness (QED) is 0.920. The molecule has 1 saturated heterocycles. The molecule has 0 aliphatic carbocycles. The zero-order valence-corrected chi connectivity index (χ0v) is 12.9. The van der Waals surface area contributed by atoms with Gasteiger partial charge in [-0.2, -0.15) is 0 Å². The fraction of sp³-hybridized carbons (Fsp3) is 0.600. The molecule has 1 N–H and O–H groups in total. The number of benzene rings is 1. The number of nitrogens with one attached hydrogen (secondary N) is 1. The van der Waals surface area contributed by atoms with Gasteiger partial charge in [0.25, 0.3) is 0 Å². The first-order chi connectivity index (χ1) is 8.63. The molecule has 0 aromatic heterocycles. The predicted molar refractivity (Wildman–Crippen MR) is 82.2 cm³/mol. The van der Waals surface area contributed by atoms with E-state index in [0.29, 0.717) is 6.04 Å². The molecule has 0 spiro atoms. The maximum absolute atomic E-state index is 5.73. The third kappa shape index (κ3) is 5.39. The Bertz CT molecular complexity index is 384. The molecule has 3 nitrogen and oxygen atoms in total.